The number of ketones is 1. The number of nitrogen functional groups attached to an aromatic ring is 1. The molecule has 0 radical (unpaired) electrons. The van der Waals surface area contributed by atoms with Gasteiger partial charge in [0.1, 0.15) is 10.8 Å². The summed E-state index contributed by atoms with van der Waals surface area (Å²) in [6.07, 6.45) is 7.32. The summed E-state index contributed by atoms with van der Waals surface area (Å²) in [4.78, 5) is 29.8. The number of ether oxygens (including phenoxy) is 3. The Hall–Kier alpha value is -4.18. The first-order chi connectivity index (χ1) is 16.9. The average Bonchev–Trinajstić information content (AvgIpc) is 3.25. The number of carbonyl (C=O) groups is 1. The molecular weight excluding hydrogens is 468 g/mol. The van der Waals surface area contributed by atoms with Gasteiger partial charge < -0.3 is 19.9 Å². The Balaban J connectivity index is 1.73. The van der Waals surface area contributed by atoms with Gasteiger partial charge in [-0.1, -0.05) is 23.5 Å². The van der Waals surface area contributed by atoms with E-state index in [9.17, 15) is 9.59 Å². The molecule has 0 bridgehead atoms. The van der Waals surface area contributed by atoms with Gasteiger partial charge in [-0.25, -0.2) is 0 Å². The van der Waals surface area contributed by atoms with Crippen molar-refractivity contribution < 1.29 is 19.0 Å². The minimum Gasteiger partial charge on any atom is -0.493 e. The van der Waals surface area contributed by atoms with E-state index in [4.69, 9.17) is 19.9 Å². The van der Waals surface area contributed by atoms with Gasteiger partial charge in [0.2, 0.25) is 10.7 Å². The van der Waals surface area contributed by atoms with E-state index in [1.54, 1.807) is 38.5 Å². The highest BCUT2D eigenvalue weighted by Crippen LogP contribution is 2.30. The zero-order chi connectivity index (χ0) is 25.1. The van der Waals surface area contributed by atoms with Crippen molar-refractivity contribution in [1.29, 1.82) is 0 Å². The van der Waals surface area contributed by atoms with Gasteiger partial charge in [-0.3, -0.25) is 9.59 Å². The fourth-order valence-electron chi connectivity index (χ4n) is 3.69. The Kier molecular flexibility index (Phi) is 6.83. The highest BCUT2D eigenvalue weighted by Gasteiger charge is 2.21. The minimum absolute atomic E-state index is 0.158. The van der Waals surface area contributed by atoms with Gasteiger partial charge in [-0.15, -0.1) is 6.58 Å². The summed E-state index contributed by atoms with van der Waals surface area (Å²) in [7, 11) is 4.58. The number of aromatic nitrogens is 3. The molecule has 2 aromatic heterocycles. The maximum Gasteiger partial charge on any atom is 0.283 e. The number of methoxy groups -OCH3 is 3. The quantitative estimate of drug-likeness (QED) is 0.476. The van der Waals surface area contributed by atoms with Crippen molar-refractivity contribution >= 4 is 34.0 Å². The number of rotatable bonds is 8. The first-order valence-corrected chi connectivity index (χ1v) is 11.4. The maximum absolute atomic E-state index is 12.8. The van der Waals surface area contributed by atoms with E-state index in [1.807, 2.05) is 18.2 Å². The van der Waals surface area contributed by atoms with Gasteiger partial charge in [0.25, 0.3) is 5.56 Å². The van der Waals surface area contributed by atoms with Crippen molar-refractivity contribution in [3.8, 4) is 11.5 Å². The van der Waals surface area contributed by atoms with Gasteiger partial charge in [-0.05, 0) is 47.9 Å². The molecule has 10 heteroatoms. The summed E-state index contributed by atoms with van der Waals surface area (Å²) in [6.45, 7) is 3.69. The molecule has 2 heterocycles. The van der Waals surface area contributed by atoms with Gasteiger partial charge in [0.15, 0.2) is 17.3 Å². The molecule has 180 valence electrons. The number of hydrogen-bond acceptors (Lipinski definition) is 9. The van der Waals surface area contributed by atoms with Crippen LogP contribution >= 0.6 is 11.3 Å². The fraction of sp³-hybridized carbons (Fsp3) is 0.200. The molecule has 1 aliphatic carbocycles. The molecule has 0 atom stereocenters. The zero-order valence-corrected chi connectivity index (χ0v) is 20.3. The molecule has 2 N–H and O–H groups in total. The minimum atomic E-state index is -0.487. The van der Waals surface area contributed by atoms with E-state index in [0.29, 0.717) is 40.4 Å². The van der Waals surface area contributed by atoms with E-state index < -0.39 is 5.56 Å². The molecule has 0 aliphatic heterocycles. The number of Topliss-reactive ketones (excluding diaryl/α,β-unsaturated/α-hetero) is 1. The van der Waals surface area contributed by atoms with E-state index in [-0.39, 0.29) is 22.9 Å². The Labute approximate surface area is 205 Å². The number of anilines is 1. The summed E-state index contributed by atoms with van der Waals surface area (Å²) >= 11 is 1.28. The summed E-state index contributed by atoms with van der Waals surface area (Å²) in [5.74, 6) is 1.36. The van der Waals surface area contributed by atoms with Gasteiger partial charge in [-0.2, -0.15) is 14.6 Å². The second-order valence-corrected chi connectivity index (χ2v) is 8.66. The molecule has 1 aromatic carbocycles. The van der Waals surface area contributed by atoms with Crippen molar-refractivity contribution in [2.75, 3.05) is 27.1 Å². The molecule has 9 nitrogen and oxygen atoms in total. The lowest BCUT2D eigenvalue weighted by Gasteiger charge is -2.14. The smallest absolute Gasteiger partial charge is 0.283 e. The first-order valence-electron chi connectivity index (χ1n) is 10.6. The zero-order valence-electron chi connectivity index (χ0n) is 19.5. The van der Waals surface area contributed by atoms with Crippen LogP contribution in [-0.2, 0) is 16.0 Å². The number of fused-ring (bicyclic) bond motifs is 1. The number of nitrogens with two attached hydrogens (primary N) is 1. The Bertz CT molecular complexity index is 1480. The number of benzene rings is 1. The van der Waals surface area contributed by atoms with E-state index in [2.05, 4.69) is 16.7 Å². The van der Waals surface area contributed by atoms with Gasteiger partial charge >= 0.3 is 0 Å². The summed E-state index contributed by atoms with van der Waals surface area (Å²) in [5, 5.41) is 5.29. The van der Waals surface area contributed by atoms with E-state index in [0.717, 1.165) is 10.6 Å². The van der Waals surface area contributed by atoms with E-state index in [1.165, 1.54) is 23.0 Å². The van der Waals surface area contributed by atoms with Crippen LogP contribution in [0.25, 0.3) is 11.0 Å². The summed E-state index contributed by atoms with van der Waals surface area (Å²) in [5.41, 5.74) is 8.08. The molecular formula is C25H24N4O5S. The molecule has 1 aliphatic rings. The Morgan fingerprint density at radius 1 is 1.11 bits per heavy atom. The molecule has 35 heavy (non-hydrogen) atoms. The molecule has 0 amide bonds. The standard InChI is InChI=1S/C25H24N4O5S/c1-5-6-16-9-15(12-20(34-4)22(16)30)10-17-23(26)29-25(27-24(17)31)35-21(28-29)13-14-7-8-18(32-2)19(11-14)33-3/h5,7-12H,1,6,13,26H2,2-4H3. The number of nitrogens with zero attached hydrogens (tertiary/aromatic N) is 3. The van der Waals surface area contributed by atoms with Crippen LogP contribution in [0.4, 0.5) is 5.82 Å². The predicted octanol–water partition coefficient (Wildman–Crippen LogP) is 3.34. The third-order valence-electron chi connectivity index (χ3n) is 5.39. The Morgan fingerprint density at radius 3 is 2.57 bits per heavy atom. The Morgan fingerprint density at radius 2 is 1.89 bits per heavy atom. The number of allylic oxidation sites excluding steroid dienone is 5. The third-order valence-corrected chi connectivity index (χ3v) is 6.29. The van der Waals surface area contributed by atoms with Crippen LogP contribution in [0.15, 0.2) is 64.7 Å². The highest BCUT2D eigenvalue weighted by atomic mass is 32.1. The maximum atomic E-state index is 12.8. The van der Waals surface area contributed by atoms with Crippen molar-refractivity contribution in [3.63, 3.8) is 0 Å². The van der Waals surface area contributed by atoms with Crippen LogP contribution in [-0.4, -0.2) is 41.7 Å². The largest absolute Gasteiger partial charge is 0.493 e. The monoisotopic (exact) mass is 492 g/mol. The van der Waals surface area contributed by atoms with Crippen molar-refractivity contribution in [1.82, 2.24) is 14.6 Å². The average molecular weight is 493 g/mol. The topological polar surface area (TPSA) is 118 Å². The van der Waals surface area contributed by atoms with Crippen LogP contribution in [0.3, 0.4) is 0 Å². The van der Waals surface area contributed by atoms with Crippen LogP contribution in [0.2, 0.25) is 0 Å². The lowest BCUT2D eigenvalue weighted by Crippen LogP contribution is -2.17. The van der Waals surface area contributed by atoms with Gasteiger partial charge in [0, 0.05) is 12.0 Å². The predicted molar refractivity (Wildman–Crippen MR) is 135 cm³/mol. The van der Waals surface area contributed by atoms with Crippen molar-refractivity contribution in [2.24, 2.45) is 0 Å². The summed E-state index contributed by atoms with van der Waals surface area (Å²) < 4.78 is 17.3. The second kappa shape index (κ2) is 9.98. The molecule has 0 saturated carbocycles. The molecule has 0 spiro atoms. The number of carbonyl (C=O) groups excluding carboxylic acids is 1. The van der Waals surface area contributed by atoms with Crippen LogP contribution in [0.5, 0.6) is 11.5 Å². The molecule has 0 unspecified atom stereocenters. The van der Waals surface area contributed by atoms with E-state index >= 15 is 0 Å². The van der Waals surface area contributed by atoms with Crippen LogP contribution in [0, 0.1) is 0 Å². The van der Waals surface area contributed by atoms with Gasteiger partial charge in [0.05, 0.1) is 26.9 Å². The summed E-state index contributed by atoms with van der Waals surface area (Å²) in [6, 6.07) is 5.62. The van der Waals surface area contributed by atoms with Crippen LogP contribution < -0.4 is 20.8 Å². The van der Waals surface area contributed by atoms with Crippen molar-refractivity contribution in [2.45, 2.75) is 12.8 Å². The van der Waals surface area contributed by atoms with Crippen LogP contribution in [0.1, 0.15) is 22.6 Å². The lowest BCUT2D eigenvalue weighted by atomic mass is 9.95. The lowest BCUT2D eigenvalue weighted by molar-refractivity contribution is -0.115. The number of hydrogen-bond donors (Lipinski definition) is 1. The second-order valence-electron chi connectivity index (χ2n) is 7.62. The third kappa shape index (κ3) is 4.73. The fourth-order valence-corrected chi connectivity index (χ4v) is 4.61. The molecule has 4 rings (SSSR count). The highest BCUT2D eigenvalue weighted by molar-refractivity contribution is 7.16. The molecule has 0 fully saturated rings. The van der Waals surface area contributed by atoms with Crippen molar-refractivity contribution in [3.05, 3.63) is 86.4 Å². The molecule has 0 saturated heterocycles. The first kappa shape index (κ1) is 24.0. The SMILES string of the molecule is C=CCC1=CC(=Cc2c(N)n3nc(Cc4ccc(OC)c(OC)c4)sc3nc2=O)C=C(OC)C1=O. The molecule has 3 aromatic rings. The normalized spacial score (nSPS) is 14.6.